The van der Waals surface area contributed by atoms with Crippen LogP contribution in [0.2, 0.25) is 0 Å². The molecular formula is C22H25N3O3. The van der Waals surface area contributed by atoms with Crippen LogP contribution in [0.5, 0.6) is 0 Å². The molecule has 3 amide bonds. The molecule has 0 radical (unpaired) electrons. The van der Waals surface area contributed by atoms with Gasteiger partial charge < -0.3 is 15.5 Å². The molecule has 2 aromatic rings. The number of hydrogen-bond acceptors (Lipinski definition) is 3. The van der Waals surface area contributed by atoms with Crippen LogP contribution in [0.1, 0.15) is 41.3 Å². The fraction of sp³-hybridized carbons (Fsp3) is 0.318. The van der Waals surface area contributed by atoms with E-state index in [1.807, 2.05) is 32.0 Å². The summed E-state index contributed by atoms with van der Waals surface area (Å²) in [6.07, 6.45) is 1.39. The van der Waals surface area contributed by atoms with E-state index >= 15 is 0 Å². The summed E-state index contributed by atoms with van der Waals surface area (Å²) >= 11 is 0. The minimum absolute atomic E-state index is 0.0666. The van der Waals surface area contributed by atoms with Gasteiger partial charge in [0.05, 0.1) is 0 Å². The summed E-state index contributed by atoms with van der Waals surface area (Å²) in [5.74, 6) is -0.248. The maximum Gasteiger partial charge on any atom is 0.322 e. The zero-order valence-electron chi connectivity index (χ0n) is 16.4. The van der Waals surface area contributed by atoms with E-state index in [2.05, 4.69) is 10.6 Å². The highest BCUT2D eigenvalue weighted by molar-refractivity contribution is 6.01. The molecule has 6 heteroatoms. The summed E-state index contributed by atoms with van der Waals surface area (Å²) in [5, 5.41) is 5.76. The first-order chi connectivity index (χ1) is 13.4. The molecule has 1 heterocycles. The van der Waals surface area contributed by atoms with E-state index in [9.17, 15) is 14.4 Å². The molecule has 0 spiro atoms. The number of benzene rings is 2. The van der Waals surface area contributed by atoms with Crippen molar-refractivity contribution in [3.63, 3.8) is 0 Å². The molecule has 1 fully saturated rings. The van der Waals surface area contributed by atoms with E-state index in [4.69, 9.17) is 0 Å². The predicted molar refractivity (Wildman–Crippen MR) is 110 cm³/mol. The number of nitrogens with one attached hydrogen (secondary N) is 2. The van der Waals surface area contributed by atoms with Gasteiger partial charge in [-0.15, -0.1) is 0 Å². The van der Waals surface area contributed by atoms with Gasteiger partial charge in [0.25, 0.3) is 0 Å². The Labute approximate surface area is 164 Å². The predicted octanol–water partition coefficient (Wildman–Crippen LogP) is 4.14. The minimum atomic E-state index is -0.518. The largest absolute Gasteiger partial charge is 0.324 e. The van der Waals surface area contributed by atoms with Gasteiger partial charge in [0.2, 0.25) is 5.91 Å². The molecule has 2 aromatic carbocycles. The first kappa shape index (κ1) is 19.6. The Hall–Kier alpha value is -3.15. The van der Waals surface area contributed by atoms with Crippen LogP contribution < -0.4 is 10.6 Å². The van der Waals surface area contributed by atoms with Crippen molar-refractivity contribution < 1.29 is 14.4 Å². The van der Waals surface area contributed by atoms with Crippen molar-refractivity contribution in [2.75, 3.05) is 17.2 Å². The Balaban J connectivity index is 1.70. The quantitative estimate of drug-likeness (QED) is 0.784. The Morgan fingerprint density at radius 1 is 1.04 bits per heavy atom. The van der Waals surface area contributed by atoms with E-state index in [1.165, 1.54) is 6.92 Å². The molecular weight excluding hydrogens is 354 g/mol. The Bertz CT molecular complexity index is 923. The van der Waals surface area contributed by atoms with Gasteiger partial charge in [-0.05, 0) is 62.9 Å². The number of carbonyl (C=O) groups is 3. The van der Waals surface area contributed by atoms with Crippen molar-refractivity contribution in [1.29, 1.82) is 0 Å². The summed E-state index contributed by atoms with van der Waals surface area (Å²) in [7, 11) is 0. The van der Waals surface area contributed by atoms with Crippen LogP contribution in [-0.2, 0) is 4.79 Å². The van der Waals surface area contributed by atoms with Gasteiger partial charge in [0.1, 0.15) is 6.04 Å². The second kappa shape index (κ2) is 8.25. The number of likely N-dealkylation sites (tertiary alicyclic amines) is 1. The molecule has 1 aliphatic rings. The summed E-state index contributed by atoms with van der Waals surface area (Å²) in [4.78, 5) is 38.6. The molecule has 1 aliphatic heterocycles. The SMILES string of the molecule is CC(=O)c1cccc(NC(=O)N2CCC[C@@H]2C(=O)Nc2cccc(C)c2C)c1. The van der Waals surface area contributed by atoms with Crippen molar-refractivity contribution in [2.24, 2.45) is 0 Å². The number of hydrogen-bond donors (Lipinski definition) is 2. The lowest BCUT2D eigenvalue weighted by Crippen LogP contribution is -2.45. The van der Waals surface area contributed by atoms with E-state index in [0.29, 0.717) is 24.2 Å². The molecule has 0 aliphatic carbocycles. The van der Waals surface area contributed by atoms with Gasteiger partial charge in [-0.3, -0.25) is 9.59 Å². The number of rotatable bonds is 4. The fourth-order valence-electron chi connectivity index (χ4n) is 3.40. The third-order valence-electron chi connectivity index (χ3n) is 5.20. The average Bonchev–Trinajstić information content (AvgIpc) is 3.16. The van der Waals surface area contributed by atoms with E-state index in [0.717, 1.165) is 23.2 Å². The van der Waals surface area contributed by atoms with Gasteiger partial charge in [-0.25, -0.2) is 4.79 Å². The lowest BCUT2D eigenvalue weighted by atomic mass is 10.1. The molecule has 0 aromatic heterocycles. The number of aryl methyl sites for hydroxylation is 1. The summed E-state index contributed by atoms with van der Waals surface area (Å²) in [6, 6.07) is 11.7. The highest BCUT2D eigenvalue weighted by atomic mass is 16.2. The van der Waals surface area contributed by atoms with Crippen LogP contribution in [0, 0.1) is 13.8 Å². The van der Waals surface area contributed by atoms with Crippen LogP contribution in [0.25, 0.3) is 0 Å². The highest BCUT2D eigenvalue weighted by Crippen LogP contribution is 2.23. The second-order valence-corrected chi connectivity index (χ2v) is 7.16. The second-order valence-electron chi connectivity index (χ2n) is 7.16. The molecule has 0 saturated carbocycles. The average molecular weight is 379 g/mol. The number of amides is 3. The van der Waals surface area contributed by atoms with Crippen molar-refractivity contribution in [2.45, 2.75) is 39.7 Å². The van der Waals surface area contributed by atoms with Gasteiger partial charge in [0, 0.05) is 23.5 Å². The van der Waals surface area contributed by atoms with Crippen LogP contribution in [0.4, 0.5) is 16.2 Å². The molecule has 1 atom stereocenters. The summed E-state index contributed by atoms with van der Waals surface area (Å²) < 4.78 is 0. The first-order valence-electron chi connectivity index (χ1n) is 9.42. The Kier molecular flexibility index (Phi) is 5.78. The van der Waals surface area contributed by atoms with Gasteiger partial charge >= 0.3 is 6.03 Å². The van der Waals surface area contributed by atoms with Crippen LogP contribution in [0.15, 0.2) is 42.5 Å². The number of nitrogens with zero attached hydrogens (tertiary/aromatic N) is 1. The van der Waals surface area contributed by atoms with Crippen molar-refractivity contribution in [3.8, 4) is 0 Å². The zero-order chi connectivity index (χ0) is 20.3. The van der Waals surface area contributed by atoms with Crippen LogP contribution >= 0.6 is 0 Å². The monoisotopic (exact) mass is 379 g/mol. The fourth-order valence-corrected chi connectivity index (χ4v) is 3.40. The lowest BCUT2D eigenvalue weighted by Gasteiger charge is -2.24. The zero-order valence-corrected chi connectivity index (χ0v) is 16.4. The molecule has 0 unspecified atom stereocenters. The van der Waals surface area contributed by atoms with Crippen molar-refractivity contribution in [3.05, 3.63) is 59.2 Å². The Morgan fingerprint density at radius 3 is 2.54 bits per heavy atom. The smallest absolute Gasteiger partial charge is 0.322 e. The van der Waals surface area contributed by atoms with E-state index in [-0.39, 0.29) is 17.7 Å². The lowest BCUT2D eigenvalue weighted by molar-refractivity contribution is -0.119. The van der Waals surface area contributed by atoms with E-state index < -0.39 is 6.04 Å². The first-order valence-corrected chi connectivity index (χ1v) is 9.42. The highest BCUT2D eigenvalue weighted by Gasteiger charge is 2.34. The molecule has 0 bridgehead atoms. The van der Waals surface area contributed by atoms with Crippen LogP contribution in [0.3, 0.4) is 0 Å². The van der Waals surface area contributed by atoms with Crippen LogP contribution in [-0.4, -0.2) is 35.2 Å². The van der Waals surface area contributed by atoms with E-state index in [1.54, 1.807) is 29.2 Å². The Morgan fingerprint density at radius 2 is 1.79 bits per heavy atom. The number of carbonyl (C=O) groups excluding carboxylic acids is 3. The van der Waals surface area contributed by atoms with Gasteiger partial charge in [-0.1, -0.05) is 24.3 Å². The van der Waals surface area contributed by atoms with Crippen molar-refractivity contribution >= 4 is 29.1 Å². The topological polar surface area (TPSA) is 78.5 Å². The number of urea groups is 1. The summed E-state index contributed by atoms with van der Waals surface area (Å²) in [5.41, 5.74) is 3.96. The molecule has 146 valence electrons. The molecule has 3 rings (SSSR count). The molecule has 2 N–H and O–H groups in total. The van der Waals surface area contributed by atoms with Gasteiger partial charge in [-0.2, -0.15) is 0 Å². The standard InChI is InChI=1S/C22H25N3O3/c1-14-7-4-10-19(15(14)2)24-21(27)20-11-6-12-25(20)22(28)23-18-9-5-8-17(13-18)16(3)26/h4-5,7-10,13,20H,6,11-12H2,1-3H3,(H,23,28)(H,24,27)/t20-/m1/s1. The third kappa shape index (κ3) is 4.22. The summed E-state index contributed by atoms with van der Waals surface area (Å²) in [6.45, 7) is 5.96. The number of anilines is 2. The maximum atomic E-state index is 12.8. The normalized spacial score (nSPS) is 16.0. The molecule has 28 heavy (non-hydrogen) atoms. The molecule has 6 nitrogen and oxygen atoms in total. The molecule has 1 saturated heterocycles. The third-order valence-corrected chi connectivity index (χ3v) is 5.20. The minimum Gasteiger partial charge on any atom is -0.324 e. The maximum absolute atomic E-state index is 12.8. The number of ketones is 1. The van der Waals surface area contributed by atoms with Crippen molar-refractivity contribution in [1.82, 2.24) is 4.90 Å². The van der Waals surface area contributed by atoms with Gasteiger partial charge in [0.15, 0.2) is 5.78 Å². The number of Topliss-reactive ketones (excluding diaryl/α,β-unsaturated/α-hetero) is 1.